The molecule has 1 aromatic heterocycles. The van der Waals surface area contributed by atoms with E-state index in [2.05, 4.69) is 10.8 Å². The van der Waals surface area contributed by atoms with Crippen molar-refractivity contribution in [3.63, 3.8) is 0 Å². The van der Waals surface area contributed by atoms with Crippen molar-refractivity contribution in [1.29, 1.82) is 0 Å². The molecular weight excluding hydrogens is 432 g/mol. The van der Waals surface area contributed by atoms with Crippen LogP contribution >= 0.6 is 0 Å². The zero-order chi connectivity index (χ0) is 24.4. The maximum atomic E-state index is 11.9. The summed E-state index contributed by atoms with van der Waals surface area (Å²) in [4.78, 5) is 26.0. The third kappa shape index (κ3) is 4.25. The zero-order valence-electron chi connectivity index (χ0n) is 19.6. The largest absolute Gasteiger partial charge is 0.496 e. The molecule has 0 aliphatic carbocycles. The van der Waals surface area contributed by atoms with E-state index in [4.69, 9.17) is 15.9 Å². The summed E-state index contributed by atoms with van der Waals surface area (Å²) in [6, 6.07) is 11.2. The predicted molar refractivity (Wildman–Crippen MR) is 129 cm³/mol. The molecule has 7 nitrogen and oxygen atoms in total. The Hall–Kier alpha value is -3.76. The van der Waals surface area contributed by atoms with E-state index in [0.717, 1.165) is 47.2 Å². The van der Waals surface area contributed by atoms with E-state index in [1.54, 1.807) is 25.4 Å². The molecule has 0 bridgehead atoms. The molecule has 1 fully saturated rings. The average molecular weight is 461 g/mol. The Morgan fingerprint density at radius 1 is 1.21 bits per heavy atom. The summed E-state index contributed by atoms with van der Waals surface area (Å²) in [5, 5.41) is 10.5. The lowest BCUT2D eigenvalue weighted by Crippen LogP contribution is -2.36. The van der Waals surface area contributed by atoms with E-state index in [0.29, 0.717) is 17.6 Å². The minimum absolute atomic E-state index is 0.0455. The maximum absolute atomic E-state index is 11.9. The van der Waals surface area contributed by atoms with Gasteiger partial charge in [0.15, 0.2) is 0 Å². The van der Waals surface area contributed by atoms with E-state index in [1.165, 1.54) is 11.7 Å². The number of methoxy groups -OCH3 is 2. The number of aryl methyl sites for hydroxylation is 1. The molecule has 176 valence electrons. The van der Waals surface area contributed by atoms with Crippen molar-refractivity contribution in [2.75, 3.05) is 20.8 Å². The third-order valence-electron chi connectivity index (χ3n) is 6.68. The SMILES string of the molecule is C#CC1CCN(Cc2c(OC)cc(C)c3c2ccn3C(=O)O)[C@H](c2ccc(C(=O)OC)cc2)C1. The molecule has 0 radical (unpaired) electrons. The van der Waals surface area contributed by atoms with Crippen molar-refractivity contribution in [3.05, 3.63) is 64.8 Å². The molecule has 2 aromatic carbocycles. The normalized spacial score (nSPS) is 18.4. The van der Waals surface area contributed by atoms with Gasteiger partial charge in [0.1, 0.15) is 5.75 Å². The van der Waals surface area contributed by atoms with Crippen molar-refractivity contribution in [2.24, 2.45) is 5.92 Å². The summed E-state index contributed by atoms with van der Waals surface area (Å²) in [7, 11) is 3.00. The highest BCUT2D eigenvalue weighted by Crippen LogP contribution is 2.39. The van der Waals surface area contributed by atoms with Crippen LogP contribution in [0.15, 0.2) is 42.6 Å². The first kappa shape index (κ1) is 23.4. The van der Waals surface area contributed by atoms with Crippen molar-refractivity contribution < 1.29 is 24.2 Å². The molecule has 2 atom stereocenters. The predicted octanol–water partition coefficient (Wildman–Crippen LogP) is 4.86. The summed E-state index contributed by atoms with van der Waals surface area (Å²) >= 11 is 0. The molecule has 1 saturated heterocycles. The van der Waals surface area contributed by atoms with Crippen molar-refractivity contribution in [1.82, 2.24) is 9.47 Å². The standard InChI is InChI=1S/C27H28N2O5/c1-5-18-10-12-28(23(15-18)19-6-8-20(9-7-19)26(30)34-4)16-22-21-11-13-29(27(31)32)25(21)17(2)14-24(22)33-3/h1,6-9,11,13-14,18,23H,10,12,15-16H2,2-4H3,(H,31,32)/t18?,23-/m0/s1. The Kier molecular flexibility index (Phi) is 6.62. The van der Waals surface area contributed by atoms with Gasteiger partial charge in [-0.05, 0) is 55.2 Å². The van der Waals surface area contributed by atoms with Gasteiger partial charge >= 0.3 is 12.1 Å². The van der Waals surface area contributed by atoms with Gasteiger partial charge in [-0.25, -0.2) is 9.59 Å². The maximum Gasteiger partial charge on any atom is 0.416 e. The topological polar surface area (TPSA) is 81.0 Å². The Morgan fingerprint density at radius 2 is 1.94 bits per heavy atom. The van der Waals surface area contributed by atoms with Gasteiger partial charge in [-0.15, -0.1) is 12.3 Å². The van der Waals surface area contributed by atoms with Crippen molar-refractivity contribution in [3.8, 4) is 18.1 Å². The van der Waals surface area contributed by atoms with Crippen LogP contribution in [0.1, 0.15) is 45.9 Å². The van der Waals surface area contributed by atoms with Crippen LogP contribution < -0.4 is 4.74 Å². The highest BCUT2D eigenvalue weighted by molar-refractivity contribution is 5.94. The van der Waals surface area contributed by atoms with Gasteiger partial charge < -0.3 is 14.6 Å². The van der Waals surface area contributed by atoms with Crippen LogP contribution in [0.2, 0.25) is 0 Å². The van der Waals surface area contributed by atoms with Gasteiger partial charge in [0, 0.05) is 42.2 Å². The van der Waals surface area contributed by atoms with Crippen LogP contribution in [0.5, 0.6) is 5.75 Å². The number of fused-ring (bicyclic) bond motifs is 1. The minimum Gasteiger partial charge on any atom is -0.496 e. The zero-order valence-corrected chi connectivity index (χ0v) is 19.6. The summed E-state index contributed by atoms with van der Waals surface area (Å²) in [6.07, 6.45) is 8.01. The second-order valence-corrected chi connectivity index (χ2v) is 8.59. The van der Waals surface area contributed by atoms with Crippen molar-refractivity contribution in [2.45, 2.75) is 32.4 Å². The lowest BCUT2D eigenvalue weighted by atomic mass is 9.86. The first-order chi connectivity index (χ1) is 16.4. The Morgan fingerprint density at radius 3 is 2.56 bits per heavy atom. The molecule has 2 heterocycles. The van der Waals surface area contributed by atoms with Crippen LogP contribution in [0.4, 0.5) is 4.79 Å². The smallest absolute Gasteiger partial charge is 0.416 e. The minimum atomic E-state index is -1.02. The van der Waals surface area contributed by atoms with Gasteiger partial charge in [-0.2, -0.15) is 0 Å². The van der Waals surface area contributed by atoms with Crippen LogP contribution in [0.25, 0.3) is 10.9 Å². The van der Waals surface area contributed by atoms with Gasteiger partial charge in [0.25, 0.3) is 0 Å². The Balaban J connectivity index is 1.74. The summed E-state index contributed by atoms with van der Waals surface area (Å²) < 4.78 is 11.8. The van der Waals surface area contributed by atoms with Gasteiger partial charge in [0.2, 0.25) is 0 Å². The first-order valence-electron chi connectivity index (χ1n) is 11.2. The fourth-order valence-corrected chi connectivity index (χ4v) is 4.93. The second-order valence-electron chi connectivity index (χ2n) is 8.59. The van der Waals surface area contributed by atoms with E-state index < -0.39 is 6.09 Å². The molecule has 3 aromatic rings. The van der Waals surface area contributed by atoms with Gasteiger partial charge in [-0.3, -0.25) is 9.47 Å². The number of nitrogens with zero attached hydrogens (tertiary/aromatic N) is 2. The number of carbonyl (C=O) groups is 2. The van der Waals surface area contributed by atoms with Gasteiger partial charge in [0.05, 0.1) is 25.3 Å². The van der Waals surface area contributed by atoms with Crippen LogP contribution in [0, 0.1) is 25.2 Å². The quantitative estimate of drug-likeness (QED) is 0.433. The number of terminal acetylenes is 1. The van der Waals surface area contributed by atoms with Crippen LogP contribution in [0.3, 0.4) is 0 Å². The molecule has 1 aliphatic rings. The fourth-order valence-electron chi connectivity index (χ4n) is 4.93. The highest BCUT2D eigenvalue weighted by Gasteiger charge is 2.30. The number of piperidine rings is 1. The second kappa shape index (κ2) is 9.62. The number of esters is 1. The molecule has 34 heavy (non-hydrogen) atoms. The van der Waals surface area contributed by atoms with E-state index >= 15 is 0 Å². The number of carboxylic acid groups (broad SMARTS) is 1. The van der Waals surface area contributed by atoms with Crippen LogP contribution in [-0.2, 0) is 11.3 Å². The van der Waals surface area contributed by atoms with E-state index in [9.17, 15) is 14.7 Å². The number of likely N-dealkylation sites (tertiary alicyclic amines) is 1. The molecule has 0 spiro atoms. The first-order valence-corrected chi connectivity index (χ1v) is 11.2. The van der Waals surface area contributed by atoms with Gasteiger partial charge in [-0.1, -0.05) is 12.1 Å². The number of benzene rings is 2. The summed E-state index contributed by atoms with van der Waals surface area (Å²) in [6.45, 7) is 3.25. The van der Waals surface area contributed by atoms with E-state index in [-0.39, 0.29) is 17.9 Å². The van der Waals surface area contributed by atoms with Crippen LogP contribution in [-0.4, -0.2) is 47.4 Å². The monoisotopic (exact) mass is 460 g/mol. The van der Waals surface area contributed by atoms with Crippen molar-refractivity contribution >= 4 is 23.0 Å². The number of rotatable bonds is 5. The molecule has 0 saturated carbocycles. The third-order valence-corrected chi connectivity index (χ3v) is 6.68. The molecular formula is C27H28N2O5. The Labute approximate surface area is 198 Å². The number of hydrogen-bond donors (Lipinski definition) is 1. The number of hydrogen-bond acceptors (Lipinski definition) is 5. The number of carbonyl (C=O) groups excluding carboxylic acids is 1. The average Bonchev–Trinajstić information content (AvgIpc) is 3.31. The number of ether oxygens (including phenoxy) is 2. The van der Waals surface area contributed by atoms with E-state index in [1.807, 2.05) is 31.2 Å². The number of aromatic nitrogens is 1. The molecule has 1 N–H and O–H groups in total. The molecule has 7 heteroatoms. The lowest BCUT2D eigenvalue weighted by Gasteiger charge is -2.39. The highest BCUT2D eigenvalue weighted by atomic mass is 16.5. The lowest BCUT2D eigenvalue weighted by molar-refractivity contribution is 0.0600. The fraction of sp³-hybridized carbons (Fsp3) is 0.333. The molecule has 4 rings (SSSR count). The summed E-state index contributed by atoms with van der Waals surface area (Å²) in [5.41, 5.74) is 4.01. The molecule has 1 aliphatic heterocycles. The Bertz CT molecular complexity index is 1270. The molecule has 1 unspecified atom stereocenters. The molecule has 0 amide bonds. The summed E-state index contributed by atoms with van der Waals surface area (Å²) in [5.74, 6) is 3.43.